The summed E-state index contributed by atoms with van der Waals surface area (Å²) in [5, 5.41) is 2.49. The Morgan fingerprint density at radius 3 is 2.57 bits per heavy atom. The van der Waals surface area contributed by atoms with Crippen LogP contribution in [0.1, 0.15) is 16.8 Å². The van der Waals surface area contributed by atoms with Gasteiger partial charge in [0, 0.05) is 11.6 Å². The summed E-state index contributed by atoms with van der Waals surface area (Å²) >= 11 is 5.87. The van der Waals surface area contributed by atoms with Crippen LogP contribution in [-0.4, -0.2) is 40.3 Å². The molecule has 0 aromatic heterocycles. The van der Waals surface area contributed by atoms with Crippen molar-refractivity contribution in [1.29, 1.82) is 0 Å². The van der Waals surface area contributed by atoms with Crippen LogP contribution in [0.25, 0.3) is 0 Å². The van der Waals surface area contributed by atoms with Crippen LogP contribution in [0.3, 0.4) is 0 Å². The Labute approximate surface area is 166 Å². The maximum absolute atomic E-state index is 13.1. The predicted octanol–water partition coefficient (Wildman–Crippen LogP) is 2.20. The summed E-state index contributed by atoms with van der Waals surface area (Å²) in [7, 11) is -7.25. The minimum absolute atomic E-state index is 0.00114. The standard InChI is InChI=1S/C17H16ClFN2O5S2/c18-15-9-12(19)4-5-16(15)20-17(22)11-2-1-3-14(8-11)28(25,26)21-13-6-7-27(23,24)10-13/h1-5,8-9,13,21H,6-7,10H2,(H,20,22). The molecule has 0 radical (unpaired) electrons. The third-order valence-electron chi connectivity index (χ3n) is 4.14. The molecular weight excluding hydrogens is 431 g/mol. The highest BCUT2D eigenvalue weighted by molar-refractivity contribution is 7.92. The first-order valence-electron chi connectivity index (χ1n) is 8.15. The Kier molecular flexibility index (Phi) is 5.76. The van der Waals surface area contributed by atoms with Crippen LogP contribution < -0.4 is 10.0 Å². The molecule has 2 aromatic carbocycles. The van der Waals surface area contributed by atoms with Gasteiger partial charge in [0.05, 0.1) is 27.1 Å². The molecule has 1 saturated heterocycles. The Bertz CT molecular complexity index is 1140. The summed E-state index contributed by atoms with van der Waals surface area (Å²) in [5.41, 5.74) is 0.220. The first-order chi connectivity index (χ1) is 13.1. The van der Waals surface area contributed by atoms with Gasteiger partial charge in [-0.2, -0.15) is 0 Å². The van der Waals surface area contributed by atoms with Crippen molar-refractivity contribution in [2.24, 2.45) is 0 Å². The number of benzene rings is 2. The average molecular weight is 447 g/mol. The molecule has 1 fully saturated rings. The summed E-state index contributed by atoms with van der Waals surface area (Å²) in [4.78, 5) is 12.2. The van der Waals surface area contributed by atoms with E-state index in [1.807, 2.05) is 0 Å². The van der Waals surface area contributed by atoms with Crippen molar-refractivity contribution in [3.63, 3.8) is 0 Å². The average Bonchev–Trinajstić information content (AvgIpc) is 2.95. The molecule has 11 heteroatoms. The summed E-state index contributed by atoms with van der Waals surface area (Å²) < 4.78 is 63.5. The minimum Gasteiger partial charge on any atom is -0.321 e. The molecule has 0 bridgehead atoms. The third kappa shape index (κ3) is 4.88. The SMILES string of the molecule is O=C(Nc1ccc(F)cc1Cl)c1cccc(S(=O)(=O)NC2CCS(=O)(=O)C2)c1. The quantitative estimate of drug-likeness (QED) is 0.731. The third-order valence-corrected chi connectivity index (χ3v) is 7.74. The lowest BCUT2D eigenvalue weighted by Gasteiger charge is -2.13. The second kappa shape index (κ2) is 7.78. The van der Waals surface area contributed by atoms with Crippen LogP contribution in [0, 0.1) is 5.82 Å². The van der Waals surface area contributed by atoms with E-state index in [-0.39, 0.29) is 39.1 Å². The number of carbonyl (C=O) groups excluding carboxylic acids is 1. The van der Waals surface area contributed by atoms with E-state index in [2.05, 4.69) is 10.0 Å². The molecule has 1 heterocycles. The van der Waals surface area contributed by atoms with Gasteiger partial charge in [-0.1, -0.05) is 17.7 Å². The van der Waals surface area contributed by atoms with Crippen LogP contribution in [0.5, 0.6) is 0 Å². The zero-order valence-electron chi connectivity index (χ0n) is 14.4. The first-order valence-corrected chi connectivity index (χ1v) is 11.8. The van der Waals surface area contributed by atoms with Gasteiger partial charge < -0.3 is 5.32 Å². The molecule has 0 saturated carbocycles. The smallest absolute Gasteiger partial charge is 0.255 e. The minimum atomic E-state index is -4.01. The van der Waals surface area contributed by atoms with E-state index in [1.54, 1.807) is 0 Å². The van der Waals surface area contributed by atoms with E-state index in [4.69, 9.17) is 11.6 Å². The van der Waals surface area contributed by atoms with Gasteiger partial charge in [-0.3, -0.25) is 4.79 Å². The number of hydrogen-bond donors (Lipinski definition) is 2. The largest absolute Gasteiger partial charge is 0.321 e. The summed E-state index contributed by atoms with van der Waals surface area (Å²) in [6.07, 6.45) is 0.199. The Hall–Kier alpha value is -2.01. The summed E-state index contributed by atoms with van der Waals surface area (Å²) in [6, 6.07) is 8.02. The molecule has 1 aliphatic heterocycles. The fraction of sp³-hybridized carbons (Fsp3) is 0.235. The zero-order chi connectivity index (χ0) is 20.5. The van der Waals surface area contributed by atoms with E-state index in [1.165, 1.54) is 30.3 Å². The topological polar surface area (TPSA) is 109 Å². The lowest BCUT2D eigenvalue weighted by atomic mass is 10.2. The highest BCUT2D eigenvalue weighted by Gasteiger charge is 2.31. The maximum atomic E-state index is 13.1. The summed E-state index contributed by atoms with van der Waals surface area (Å²) in [5.74, 6) is -1.51. The van der Waals surface area contributed by atoms with Crippen LogP contribution in [0.4, 0.5) is 10.1 Å². The predicted molar refractivity (Wildman–Crippen MR) is 103 cm³/mol. The van der Waals surface area contributed by atoms with Crippen LogP contribution >= 0.6 is 11.6 Å². The number of sulfone groups is 1. The van der Waals surface area contributed by atoms with E-state index >= 15 is 0 Å². The Balaban J connectivity index is 1.78. The van der Waals surface area contributed by atoms with Crippen molar-refractivity contribution in [2.45, 2.75) is 17.4 Å². The van der Waals surface area contributed by atoms with Crippen molar-refractivity contribution < 1.29 is 26.0 Å². The number of anilines is 1. The molecule has 0 spiro atoms. The van der Waals surface area contributed by atoms with Gasteiger partial charge in [-0.15, -0.1) is 0 Å². The second-order valence-electron chi connectivity index (χ2n) is 6.33. The molecule has 1 amide bonds. The van der Waals surface area contributed by atoms with Gasteiger partial charge in [0.15, 0.2) is 9.84 Å². The second-order valence-corrected chi connectivity index (χ2v) is 10.7. The molecule has 7 nitrogen and oxygen atoms in total. The number of halogens is 2. The molecular formula is C17H16ClFN2O5S2. The number of amides is 1. The number of hydrogen-bond acceptors (Lipinski definition) is 5. The molecule has 0 aliphatic carbocycles. The normalized spacial score (nSPS) is 18.7. The maximum Gasteiger partial charge on any atom is 0.255 e. The van der Waals surface area contributed by atoms with E-state index in [0.29, 0.717) is 0 Å². The lowest BCUT2D eigenvalue weighted by molar-refractivity contribution is 0.102. The van der Waals surface area contributed by atoms with Crippen LogP contribution in [-0.2, 0) is 19.9 Å². The summed E-state index contributed by atoms with van der Waals surface area (Å²) in [6.45, 7) is 0. The van der Waals surface area contributed by atoms with Crippen molar-refractivity contribution >= 4 is 43.1 Å². The van der Waals surface area contributed by atoms with Gasteiger partial charge in [-0.05, 0) is 42.8 Å². The van der Waals surface area contributed by atoms with Crippen LogP contribution in [0.15, 0.2) is 47.4 Å². The van der Waals surface area contributed by atoms with Crippen molar-refractivity contribution in [1.82, 2.24) is 4.72 Å². The molecule has 3 rings (SSSR count). The fourth-order valence-electron chi connectivity index (χ4n) is 2.77. The van der Waals surface area contributed by atoms with Gasteiger partial charge in [0.1, 0.15) is 5.82 Å². The number of carbonyl (C=O) groups is 1. The monoisotopic (exact) mass is 446 g/mol. The first kappa shape index (κ1) is 20.7. The van der Waals surface area contributed by atoms with E-state index in [9.17, 15) is 26.0 Å². The van der Waals surface area contributed by atoms with Crippen molar-refractivity contribution in [3.05, 3.63) is 58.9 Å². The molecule has 2 aromatic rings. The van der Waals surface area contributed by atoms with Crippen molar-refractivity contribution in [2.75, 3.05) is 16.8 Å². The molecule has 150 valence electrons. The molecule has 1 unspecified atom stereocenters. The van der Waals surface area contributed by atoms with Gasteiger partial charge in [-0.25, -0.2) is 25.9 Å². The van der Waals surface area contributed by atoms with E-state index < -0.39 is 37.6 Å². The van der Waals surface area contributed by atoms with Gasteiger partial charge in [0.2, 0.25) is 10.0 Å². The van der Waals surface area contributed by atoms with Crippen LogP contribution in [0.2, 0.25) is 5.02 Å². The van der Waals surface area contributed by atoms with Crippen molar-refractivity contribution in [3.8, 4) is 0 Å². The van der Waals surface area contributed by atoms with Gasteiger partial charge >= 0.3 is 0 Å². The molecule has 28 heavy (non-hydrogen) atoms. The molecule has 1 aliphatic rings. The Morgan fingerprint density at radius 2 is 1.93 bits per heavy atom. The zero-order valence-corrected chi connectivity index (χ0v) is 16.7. The highest BCUT2D eigenvalue weighted by Crippen LogP contribution is 2.23. The molecule has 1 atom stereocenters. The number of rotatable bonds is 5. The van der Waals surface area contributed by atoms with Gasteiger partial charge in [0.25, 0.3) is 5.91 Å². The highest BCUT2D eigenvalue weighted by atomic mass is 35.5. The molecule has 2 N–H and O–H groups in total. The van der Waals surface area contributed by atoms with E-state index in [0.717, 1.165) is 12.1 Å². The number of sulfonamides is 1. The fourth-order valence-corrected chi connectivity index (χ4v) is 6.07. The number of nitrogens with one attached hydrogen (secondary N) is 2. The Morgan fingerprint density at radius 1 is 1.18 bits per heavy atom. The lowest BCUT2D eigenvalue weighted by Crippen LogP contribution is -2.35.